The van der Waals surface area contributed by atoms with Crippen molar-refractivity contribution in [2.24, 2.45) is 0 Å². The predicted molar refractivity (Wildman–Crippen MR) is 51.2 cm³/mol. The fourth-order valence-electron chi connectivity index (χ4n) is 0.689. The molecule has 0 saturated carbocycles. The Balaban J connectivity index is 3.88. The summed E-state index contributed by atoms with van der Waals surface area (Å²) in [6, 6.07) is 0. The highest BCUT2D eigenvalue weighted by Crippen LogP contribution is 2.28. The Bertz CT molecular complexity index is 83.4. The summed E-state index contributed by atoms with van der Waals surface area (Å²) in [5.74, 6) is 0. The molecule has 0 spiro atoms. The van der Waals surface area contributed by atoms with Crippen molar-refractivity contribution in [3.63, 3.8) is 0 Å². The Morgan fingerprint density at radius 2 is 1.44 bits per heavy atom. The van der Waals surface area contributed by atoms with Gasteiger partial charge in [0.1, 0.15) is 0 Å². The Morgan fingerprint density at radius 3 is 1.44 bits per heavy atom. The van der Waals surface area contributed by atoms with Crippen molar-refractivity contribution >= 4 is 24.0 Å². The van der Waals surface area contributed by atoms with E-state index >= 15 is 0 Å². The Hall–Kier alpha value is 0.697. The minimum Gasteiger partial charge on any atom is -0.0894 e. The van der Waals surface area contributed by atoms with Crippen molar-refractivity contribution in [1.82, 2.24) is 0 Å². The molecule has 0 rings (SSSR count). The molecule has 1 unspecified atom stereocenters. The van der Waals surface area contributed by atoms with Crippen LogP contribution >= 0.6 is 15.9 Å². The molecule has 9 heavy (non-hydrogen) atoms. The van der Waals surface area contributed by atoms with E-state index in [-0.39, 0.29) is 0 Å². The quantitative estimate of drug-likeness (QED) is 0.482. The highest BCUT2D eigenvalue weighted by Gasteiger charge is 2.25. The molecule has 0 aliphatic rings. The zero-order chi connectivity index (χ0) is 7.65. The van der Waals surface area contributed by atoms with Crippen molar-refractivity contribution < 1.29 is 0 Å². The minimum absolute atomic E-state index is 0.684. The number of halogens is 1. The van der Waals surface area contributed by atoms with E-state index in [1.165, 1.54) is 0 Å². The Labute approximate surface area is 68.2 Å². The van der Waals surface area contributed by atoms with E-state index in [4.69, 9.17) is 0 Å². The minimum atomic E-state index is -0.871. The first-order valence-electron chi connectivity index (χ1n) is 3.49. The highest BCUT2D eigenvalue weighted by atomic mass is 79.9. The molecule has 0 aromatic carbocycles. The summed E-state index contributed by atoms with van der Waals surface area (Å²) in [7, 11) is -0.871. The molecule has 2 heteroatoms. The van der Waals surface area contributed by atoms with Gasteiger partial charge < -0.3 is 0 Å². The van der Waals surface area contributed by atoms with Gasteiger partial charge in [0.2, 0.25) is 0 Å². The fourth-order valence-corrected chi connectivity index (χ4v) is 4.45. The van der Waals surface area contributed by atoms with Crippen molar-refractivity contribution in [2.45, 2.75) is 43.9 Å². The standard InChI is InChI=1S/C7H17BrSi/c1-6(8)7(2)9(3,4)5/h6-7H,1-5H3/t6?,7-/m1/s1. The summed E-state index contributed by atoms with van der Waals surface area (Å²) < 4.78 is 0. The van der Waals surface area contributed by atoms with Crippen LogP contribution in [0.5, 0.6) is 0 Å². The van der Waals surface area contributed by atoms with Crippen LogP contribution in [0, 0.1) is 0 Å². The molecule has 0 heterocycles. The van der Waals surface area contributed by atoms with E-state index in [9.17, 15) is 0 Å². The summed E-state index contributed by atoms with van der Waals surface area (Å²) in [6.45, 7) is 11.8. The summed E-state index contributed by atoms with van der Waals surface area (Å²) in [5, 5.41) is 0. The molecule has 0 nitrogen and oxygen atoms in total. The van der Waals surface area contributed by atoms with Gasteiger partial charge >= 0.3 is 0 Å². The summed E-state index contributed by atoms with van der Waals surface area (Å²) in [5.41, 5.74) is 0.873. The SMILES string of the molecule is CC(Br)[C@@H](C)[Si](C)(C)C. The second-order valence-corrected chi connectivity index (χ2v) is 10.9. The van der Waals surface area contributed by atoms with Crippen molar-refractivity contribution in [2.75, 3.05) is 0 Å². The van der Waals surface area contributed by atoms with Gasteiger partial charge in [-0.1, -0.05) is 49.4 Å². The summed E-state index contributed by atoms with van der Waals surface area (Å²) >= 11 is 3.61. The molecule has 56 valence electrons. The molecule has 0 aromatic rings. The van der Waals surface area contributed by atoms with Crippen molar-refractivity contribution in [1.29, 1.82) is 0 Å². The maximum absolute atomic E-state index is 3.61. The molecule has 0 saturated heterocycles. The van der Waals surface area contributed by atoms with Crippen LogP contribution in [0.25, 0.3) is 0 Å². The van der Waals surface area contributed by atoms with Gasteiger partial charge in [0.25, 0.3) is 0 Å². The van der Waals surface area contributed by atoms with Crippen LogP contribution in [0.3, 0.4) is 0 Å². The highest BCUT2D eigenvalue weighted by molar-refractivity contribution is 9.09. The lowest BCUT2D eigenvalue weighted by molar-refractivity contribution is 0.876. The normalized spacial score (nSPS) is 19.3. The average Bonchev–Trinajstić information content (AvgIpc) is 1.62. The zero-order valence-corrected chi connectivity index (χ0v) is 9.62. The van der Waals surface area contributed by atoms with Gasteiger partial charge in [0.05, 0.1) is 0 Å². The van der Waals surface area contributed by atoms with E-state index in [1.807, 2.05) is 0 Å². The number of rotatable bonds is 2. The number of hydrogen-bond donors (Lipinski definition) is 0. The lowest BCUT2D eigenvalue weighted by Gasteiger charge is -2.27. The molecule has 0 bridgehead atoms. The molecule has 0 radical (unpaired) electrons. The van der Waals surface area contributed by atoms with E-state index in [2.05, 4.69) is 49.4 Å². The zero-order valence-electron chi connectivity index (χ0n) is 7.03. The van der Waals surface area contributed by atoms with E-state index < -0.39 is 8.07 Å². The van der Waals surface area contributed by atoms with E-state index in [1.54, 1.807) is 0 Å². The van der Waals surface area contributed by atoms with Crippen LogP contribution in [0.2, 0.25) is 25.2 Å². The first-order valence-corrected chi connectivity index (χ1v) is 7.99. The maximum atomic E-state index is 3.61. The van der Waals surface area contributed by atoms with Crippen LogP contribution in [0.4, 0.5) is 0 Å². The van der Waals surface area contributed by atoms with Gasteiger partial charge in [-0.2, -0.15) is 0 Å². The van der Waals surface area contributed by atoms with Crippen LogP contribution in [0.15, 0.2) is 0 Å². The third-order valence-electron chi connectivity index (χ3n) is 2.06. The number of hydrogen-bond acceptors (Lipinski definition) is 0. The third kappa shape index (κ3) is 3.41. The third-order valence-corrected chi connectivity index (χ3v) is 6.57. The van der Waals surface area contributed by atoms with Gasteiger partial charge in [0, 0.05) is 12.9 Å². The molecule has 2 atom stereocenters. The van der Waals surface area contributed by atoms with Crippen LogP contribution in [0.1, 0.15) is 13.8 Å². The van der Waals surface area contributed by atoms with Crippen LogP contribution in [-0.4, -0.2) is 12.9 Å². The second kappa shape index (κ2) is 3.20. The molecular formula is C7H17BrSi. The van der Waals surface area contributed by atoms with Crippen LogP contribution in [-0.2, 0) is 0 Å². The van der Waals surface area contributed by atoms with Gasteiger partial charge in [-0.15, -0.1) is 0 Å². The van der Waals surface area contributed by atoms with Crippen molar-refractivity contribution in [3.8, 4) is 0 Å². The Kier molecular flexibility index (Phi) is 3.44. The van der Waals surface area contributed by atoms with Crippen molar-refractivity contribution in [3.05, 3.63) is 0 Å². The molecule has 0 N–H and O–H groups in total. The average molecular weight is 209 g/mol. The largest absolute Gasteiger partial charge is 0.0894 e. The molecule has 0 amide bonds. The topological polar surface area (TPSA) is 0 Å². The van der Waals surface area contributed by atoms with Gasteiger partial charge in [-0.05, 0) is 5.54 Å². The fraction of sp³-hybridized carbons (Fsp3) is 1.00. The monoisotopic (exact) mass is 208 g/mol. The number of alkyl halides is 1. The van der Waals surface area contributed by atoms with Gasteiger partial charge in [0.15, 0.2) is 0 Å². The molecular weight excluding hydrogens is 192 g/mol. The molecule has 0 aliphatic heterocycles. The maximum Gasteiger partial charge on any atom is 0.0482 e. The lowest BCUT2D eigenvalue weighted by Crippen LogP contribution is -2.30. The van der Waals surface area contributed by atoms with Gasteiger partial charge in [-0.25, -0.2) is 0 Å². The first kappa shape index (κ1) is 9.70. The van der Waals surface area contributed by atoms with E-state index in [0.717, 1.165) is 5.54 Å². The van der Waals surface area contributed by atoms with E-state index in [0.29, 0.717) is 4.83 Å². The first-order chi connectivity index (χ1) is 3.85. The summed E-state index contributed by atoms with van der Waals surface area (Å²) in [6.07, 6.45) is 0. The van der Waals surface area contributed by atoms with Crippen LogP contribution < -0.4 is 0 Å². The second-order valence-electron chi connectivity index (χ2n) is 3.83. The molecule has 0 fully saturated rings. The molecule has 0 aliphatic carbocycles. The van der Waals surface area contributed by atoms with Gasteiger partial charge in [-0.3, -0.25) is 0 Å². The Morgan fingerprint density at radius 1 is 1.11 bits per heavy atom. The molecule has 0 aromatic heterocycles. The lowest BCUT2D eigenvalue weighted by atomic mass is 10.4. The smallest absolute Gasteiger partial charge is 0.0482 e. The summed E-state index contributed by atoms with van der Waals surface area (Å²) in [4.78, 5) is 0.684. The predicted octanol–water partition coefficient (Wildman–Crippen LogP) is 3.50.